The molecule has 0 radical (unpaired) electrons. The van der Waals surface area contributed by atoms with Crippen LogP contribution in [0.25, 0.3) is 0 Å². The number of carbonyl (C=O) groups is 1. The van der Waals surface area contributed by atoms with Crippen molar-refractivity contribution in [3.8, 4) is 17.6 Å². The zero-order valence-corrected chi connectivity index (χ0v) is 18.3. The second kappa shape index (κ2) is 9.37. The van der Waals surface area contributed by atoms with Crippen LogP contribution in [-0.4, -0.2) is 29.9 Å². The van der Waals surface area contributed by atoms with Gasteiger partial charge in [0.1, 0.15) is 11.4 Å². The summed E-state index contributed by atoms with van der Waals surface area (Å²) in [6.07, 6.45) is 3.60. The molecule has 0 fully saturated rings. The normalized spacial score (nSPS) is 14.2. The van der Waals surface area contributed by atoms with Crippen molar-refractivity contribution >= 4 is 17.7 Å². The number of nitrogens with zero attached hydrogens (tertiary/aromatic N) is 1. The predicted molar refractivity (Wildman–Crippen MR) is 117 cm³/mol. The lowest BCUT2D eigenvalue weighted by atomic mass is 9.79. The molecular weight excluding hydrogens is 382 g/mol. The average molecular weight is 410 g/mol. The van der Waals surface area contributed by atoms with E-state index < -0.39 is 0 Å². The Morgan fingerprint density at radius 2 is 2.10 bits per heavy atom. The van der Waals surface area contributed by atoms with Gasteiger partial charge in [0.25, 0.3) is 0 Å². The Bertz CT molecular complexity index is 939. The molecule has 1 aromatic carbocycles. The summed E-state index contributed by atoms with van der Waals surface area (Å²) in [4.78, 5) is 17.2. The Morgan fingerprint density at radius 3 is 2.79 bits per heavy atom. The summed E-state index contributed by atoms with van der Waals surface area (Å²) >= 11 is 1.80. The van der Waals surface area contributed by atoms with E-state index in [0.29, 0.717) is 17.9 Å². The minimum atomic E-state index is -0.366. The molecule has 1 aromatic heterocycles. The third-order valence-electron chi connectivity index (χ3n) is 4.86. The fraction of sp³-hybridized carbons (Fsp3) is 0.417. The Morgan fingerprint density at radius 1 is 1.28 bits per heavy atom. The van der Waals surface area contributed by atoms with E-state index in [4.69, 9.17) is 9.47 Å². The van der Waals surface area contributed by atoms with E-state index in [0.717, 1.165) is 41.4 Å². The molecule has 2 aromatic rings. The smallest absolute Gasteiger partial charge is 0.339 e. The minimum absolute atomic E-state index is 0.0670. The van der Waals surface area contributed by atoms with Gasteiger partial charge in [-0.3, -0.25) is 0 Å². The third kappa shape index (κ3) is 5.13. The molecule has 2 heterocycles. The molecule has 0 aliphatic carbocycles. The molecule has 29 heavy (non-hydrogen) atoms. The van der Waals surface area contributed by atoms with Crippen molar-refractivity contribution < 1.29 is 14.3 Å². The Balaban J connectivity index is 1.93. The summed E-state index contributed by atoms with van der Waals surface area (Å²) in [5, 5.41) is 0. The standard InChI is InChI=1S/C24H27NO3S/c1-5-13-29-22-15-21-20(24(3,4)11-12-28-21)14-17(22)7-9-19-10-8-18(16-25-19)23(26)27-6-2/h8,10,14-16H,5-6,11-13H2,1-4H3. The molecule has 0 amide bonds. The van der Waals surface area contributed by atoms with Gasteiger partial charge in [-0.2, -0.15) is 0 Å². The Hall–Kier alpha value is -2.45. The monoisotopic (exact) mass is 409 g/mol. The second-order valence-corrected chi connectivity index (χ2v) is 8.71. The zero-order chi connectivity index (χ0) is 20.9. The minimum Gasteiger partial charge on any atom is -0.493 e. The lowest BCUT2D eigenvalue weighted by Crippen LogP contribution is -2.26. The highest BCUT2D eigenvalue weighted by atomic mass is 32.2. The van der Waals surface area contributed by atoms with Gasteiger partial charge >= 0.3 is 5.97 Å². The molecule has 0 unspecified atom stereocenters. The molecule has 0 spiro atoms. The van der Waals surface area contributed by atoms with Crippen LogP contribution in [0.4, 0.5) is 0 Å². The molecule has 152 valence electrons. The molecule has 3 rings (SSSR count). The zero-order valence-electron chi connectivity index (χ0n) is 17.5. The summed E-state index contributed by atoms with van der Waals surface area (Å²) in [6.45, 7) is 9.55. The van der Waals surface area contributed by atoms with Crippen LogP contribution < -0.4 is 4.74 Å². The van der Waals surface area contributed by atoms with Gasteiger partial charge in [-0.1, -0.05) is 26.7 Å². The van der Waals surface area contributed by atoms with E-state index in [1.165, 1.54) is 11.8 Å². The molecule has 0 saturated carbocycles. The lowest BCUT2D eigenvalue weighted by molar-refractivity contribution is 0.0526. The van der Waals surface area contributed by atoms with Gasteiger partial charge in [0, 0.05) is 22.2 Å². The number of esters is 1. The number of rotatable bonds is 5. The Labute approximate surface area is 177 Å². The topological polar surface area (TPSA) is 48.4 Å². The van der Waals surface area contributed by atoms with Crippen molar-refractivity contribution in [2.24, 2.45) is 0 Å². The molecule has 0 N–H and O–H groups in total. The van der Waals surface area contributed by atoms with E-state index in [9.17, 15) is 4.79 Å². The van der Waals surface area contributed by atoms with E-state index in [2.05, 4.69) is 49.7 Å². The summed E-state index contributed by atoms with van der Waals surface area (Å²) in [5.41, 5.74) is 3.33. The summed E-state index contributed by atoms with van der Waals surface area (Å²) in [7, 11) is 0. The first kappa shape index (κ1) is 21.3. The molecule has 5 heteroatoms. The van der Waals surface area contributed by atoms with Gasteiger partial charge in [-0.15, -0.1) is 11.8 Å². The molecule has 0 bridgehead atoms. The molecule has 4 nitrogen and oxygen atoms in total. The van der Waals surface area contributed by atoms with Crippen molar-refractivity contribution in [2.45, 2.75) is 50.8 Å². The van der Waals surface area contributed by atoms with Crippen LogP contribution in [0.1, 0.15) is 67.7 Å². The Kier molecular flexibility index (Phi) is 6.87. The summed E-state index contributed by atoms with van der Waals surface area (Å²) < 4.78 is 10.9. The SMILES string of the molecule is CCCSc1cc2c(cc1C#Cc1ccc(C(=O)OCC)cn1)C(C)(C)CCO2. The van der Waals surface area contributed by atoms with Gasteiger partial charge in [-0.25, -0.2) is 9.78 Å². The first-order valence-corrected chi connectivity index (χ1v) is 11.0. The maximum Gasteiger partial charge on any atom is 0.339 e. The predicted octanol–water partition coefficient (Wildman–Crippen LogP) is 5.22. The highest BCUT2D eigenvalue weighted by Crippen LogP contribution is 2.41. The van der Waals surface area contributed by atoms with Crippen LogP contribution >= 0.6 is 11.8 Å². The first-order chi connectivity index (χ1) is 13.9. The van der Waals surface area contributed by atoms with Crippen LogP contribution in [0.2, 0.25) is 0 Å². The van der Waals surface area contributed by atoms with Crippen molar-refractivity contribution in [2.75, 3.05) is 19.0 Å². The summed E-state index contributed by atoms with van der Waals surface area (Å²) in [5.74, 6) is 8.08. The molecule has 1 aliphatic rings. The number of hydrogen-bond donors (Lipinski definition) is 0. The molecule has 0 atom stereocenters. The van der Waals surface area contributed by atoms with Crippen molar-refractivity contribution in [3.05, 3.63) is 52.8 Å². The number of benzene rings is 1. The molecular formula is C24H27NO3S. The lowest BCUT2D eigenvalue weighted by Gasteiger charge is -2.33. The van der Waals surface area contributed by atoms with Crippen LogP contribution in [0.3, 0.4) is 0 Å². The maximum absolute atomic E-state index is 11.8. The van der Waals surface area contributed by atoms with E-state index >= 15 is 0 Å². The largest absolute Gasteiger partial charge is 0.493 e. The third-order valence-corrected chi connectivity index (χ3v) is 6.12. The van der Waals surface area contributed by atoms with Gasteiger partial charge in [0.15, 0.2) is 0 Å². The van der Waals surface area contributed by atoms with Crippen LogP contribution in [0.5, 0.6) is 5.75 Å². The number of hydrogen-bond acceptors (Lipinski definition) is 5. The van der Waals surface area contributed by atoms with E-state index in [1.54, 1.807) is 30.8 Å². The van der Waals surface area contributed by atoms with Crippen molar-refractivity contribution in [1.29, 1.82) is 0 Å². The van der Waals surface area contributed by atoms with E-state index in [-0.39, 0.29) is 11.4 Å². The number of aromatic nitrogens is 1. The highest BCUT2D eigenvalue weighted by molar-refractivity contribution is 7.99. The number of carbonyl (C=O) groups excluding carboxylic acids is 1. The maximum atomic E-state index is 11.8. The molecule has 1 aliphatic heterocycles. The van der Waals surface area contributed by atoms with Gasteiger partial charge in [0.2, 0.25) is 0 Å². The van der Waals surface area contributed by atoms with Crippen LogP contribution in [0, 0.1) is 11.8 Å². The van der Waals surface area contributed by atoms with Crippen molar-refractivity contribution in [3.63, 3.8) is 0 Å². The number of ether oxygens (including phenoxy) is 2. The quantitative estimate of drug-likeness (QED) is 0.385. The number of fused-ring (bicyclic) bond motifs is 1. The van der Waals surface area contributed by atoms with Gasteiger partial charge in [0.05, 0.1) is 18.8 Å². The van der Waals surface area contributed by atoms with E-state index in [1.807, 2.05) is 0 Å². The first-order valence-electron chi connectivity index (χ1n) is 10.0. The number of pyridine rings is 1. The van der Waals surface area contributed by atoms with Gasteiger partial charge < -0.3 is 9.47 Å². The fourth-order valence-corrected chi connectivity index (χ4v) is 4.00. The average Bonchev–Trinajstić information content (AvgIpc) is 2.71. The number of thioether (sulfide) groups is 1. The van der Waals surface area contributed by atoms with Crippen LogP contribution in [-0.2, 0) is 10.2 Å². The van der Waals surface area contributed by atoms with Crippen molar-refractivity contribution in [1.82, 2.24) is 4.98 Å². The summed E-state index contributed by atoms with van der Waals surface area (Å²) in [6, 6.07) is 7.76. The fourth-order valence-electron chi connectivity index (χ4n) is 3.12. The molecule has 0 saturated heterocycles. The van der Waals surface area contributed by atoms with Crippen LogP contribution in [0.15, 0.2) is 35.4 Å². The second-order valence-electron chi connectivity index (χ2n) is 7.58. The van der Waals surface area contributed by atoms with Gasteiger partial charge in [-0.05, 0) is 61.1 Å². The highest BCUT2D eigenvalue weighted by Gasteiger charge is 2.29.